The summed E-state index contributed by atoms with van der Waals surface area (Å²) < 4.78 is 12.7. The van der Waals surface area contributed by atoms with Gasteiger partial charge in [0.2, 0.25) is 5.91 Å². The molecule has 0 bridgehead atoms. The zero-order valence-corrected chi connectivity index (χ0v) is 12.6. The van der Waals surface area contributed by atoms with E-state index in [0.717, 1.165) is 36.5 Å². The third-order valence-corrected chi connectivity index (χ3v) is 4.78. The predicted octanol–water partition coefficient (Wildman–Crippen LogP) is 4.00. The molecule has 1 saturated carbocycles. The van der Waals surface area contributed by atoms with E-state index < -0.39 is 0 Å². The fraction of sp³-hybridized carbons (Fsp3) is 0.562. The van der Waals surface area contributed by atoms with Crippen LogP contribution in [0, 0.1) is 11.7 Å². The molecule has 0 saturated heterocycles. The van der Waals surface area contributed by atoms with Gasteiger partial charge in [0.05, 0.1) is 0 Å². The van der Waals surface area contributed by atoms with E-state index in [-0.39, 0.29) is 17.6 Å². The van der Waals surface area contributed by atoms with Gasteiger partial charge in [-0.1, -0.05) is 19.3 Å². The summed E-state index contributed by atoms with van der Waals surface area (Å²) in [5, 5.41) is 3.04. The Bertz CT molecular complexity index is 415. The Kier molecular flexibility index (Phi) is 6.37. The number of hydrogen-bond acceptors (Lipinski definition) is 2. The Labute approximate surface area is 124 Å². The first-order valence-electron chi connectivity index (χ1n) is 7.42. The van der Waals surface area contributed by atoms with Gasteiger partial charge >= 0.3 is 0 Å². The fourth-order valence-electron chi connectivity index (χ4n) is 2.51. The van der Waals surface area contributed by atoms with Gasteiger partial charge in [0.25, 0.3) is 0 Å². The molecule has 0 heterocycles. The van der Waals surface area contributed by atoms with Gasteiger partial charge < -0.3 is 5.32 Å². The molecule has 0 spiro atoms. The van der Waals surface area contributed by atoms with Crippen LogP contribution in [0.4, 0.5) is 4.39 Å². The van der Waals surface area contributed by atoms with E-state index >= 15 is 0 Å². The largest absolute Gasteiger partial charge is 0.356 e. The van der Waals surface area contributed by atoms with E-state index in [9.17, 15) is 9.18 Å². The monoisotopic (exact) mass is 295 g/mol. The minimum atomic E-state index is -0.200. The third kappa shape index (κ3) is 5.16. The number of rotatable bonds is 6. The van der Waals surface area contributed by atoms with E-state index in [1.807, 2.05) is 0 Å². The number of hydrogen-bond donors (Lipinski definition) is 1. The summed E-state index contributed by atoms with van der Waals surface area (Å²) in [6, 6.07) is 6.54. The summed E-state index contributed by atoms with van der Waals surface area (Å²) in [6.07, 6.45) is 6.71. The van der Waals surface area contributed by atoms with Gasteiger partial charge in [-0.15, -0.1) is 11.8 Å². The van der Waals surface area contributed by atoms with Crippen LogP contribution >= 0.6 is 11.8 Å². The molecule has 1 aliphatic rings. The molecular weight excluding hydrogens is 273 g/mol. The van der Waals surface area contributed by atoms with Crippen LogP contribution in [0.2, 0.25) is 0 Å². The SMILES string of the molecule is O=C(NCCCSc1ccc(F)cc1)C1CCCCC1. The second-order valence-electron chi connectivity index (χ2n) is 5.28. The molecule has 4 heteroatoms. The smallest absolute Gasteiger partial charge is 0.223 e. The zero-order valence-electron chi connectivity index (χ0n) is 11.7. The second-order valence-corrected chi connectivity index (χ2v) is 6.45. The van der Waals surface area contributed by atoms with Gasteiger partial charge in [-0.05, 0) is 49.3 Å². The molecule has 2 nitrogen and oxygen atoms in total. The van der Waals surface area contributed by atoms with Gasteiger partial charge in [-0.2, -0.15) is 0 Å². The number of nitrogens with one attached hydrogen (secondary N) is 1. The van der Waals surface area contributed by atoms with Crippen LogP contribution in [0.3, 0.4) is 0 Å². The van der Waals surface area contributed by atoms with Crippen molar-refractivity contribution in [2.75, 3.05) is 12.3 Å². The highest BCUT2D eigenvalue weighted by atomic mass is 32.2. The van der Waals surface area contributed by atoms with Crippen molar-refractivity contribution in [1.82, 2.24) is 5.32 Å². The summed E-state index contributed by atoms with van der Waals surface area (Å²) in [6.45, 7) is 0.740. The van der Waals surface area contributed by atoms with E-state index in [2.05, 4.69) is 5.32 Å². The van der Waals surface area contributed by atoms with Gasteiger partial charge in [-0.3, -0.25) is 4.79 Å². The number of halogens is 1. The Hall–Kier alpha value is -1.03. The maximum Gasteiger partial charge on any atom is 0.223 e. The maximum atomic E-state index is 12.7. The molecule has 1 N–H and O–H groups in total. The van der Waals surface area contributed by atoms with Crippen molar-refractivity contribution in [2.24, 2.45) is 5.92 Å². The summed E-state index contributed by atoms with van der Waals surface area (Å²) in [5.74, 6) is 1.22. The molecule has 110 valence electrons. The van der Waals surface area contributed by atoms with E-state index in [4.69, 9.17) is 0 Å². The van der Waals surface area contributed by atoms with Gasteiger partial charge in [0.15, 0.2) is 0 Å². The molecule has 0 atom stereocenters. The molecule has 0 aliphatic heterocycles. The van der Waals surface area contributed by atoms with Crippen LogP contribution in [0.25, 0.3) is 0 Å². The fourth-order valence-corrected chi connectivity index (χ4v) is 3.37. The molecule has 1 fully saturated rings. The lowest BCUT2D eigenvalue weighted by atomic mass is 9.89. The topological polar surface area (TPSA) is 29.1 Å². The third-order valence-electron chi connectivity index (χ3n) is 3.68. The summed E-state index contributed by atoms with van der Waals surface area (Å²) in [5.41, 5.74) is 0. The number of carbonyl (C=O) groups is 1. The Balaban J connectivity index is 1.57. The summed E-state index contributed by atoms with van der Waals surface area (Å²) in [7, 11) is 0. The minimum absolute atomic E-state index is 0.200. The van der Waals surface area contributed by atoms with Crippen LogP contribution in [-0.2, 0) is 4.79 Å². The van der Waals surface area contributed by atoms with Crippen LogP contribution in [0.1, 0.15) is 38.5 Å². The first-order chi connectivity index (χ1) is 9.75. The molecule has 0 unspecified atom stereocenters. The molecule has 1 aromatic rings. The first-order valence-corrected chi connectivity index (χ1v) is 8.40. The van der Waals surface area contributed by atoms with Crippen LogP contribution in [0.15, 0.2) is 29.2 Å². The van der Waals surface area contributed by atoms with Gasteiger partial charge in [0, 0.05) is 17.4 Å². The molecule has 20 heavy (non-hydrogen) atoms. The quantitative estimate of drug-likeness (QED) is 0.635. The number of carbonyl (C=O) groups excluding carboxylic acids is 1. The van der Waals surface area contributed by atoms with Crippen molar-refractivity contribution < 1.29 is 9.18 Å². The lowest BCUT2D eigenvalue weighted by Crippen LogP contribution is -2.32. The van der Waals surface area contributed by atoms with Crippen molar-refractivity contribution in [1.29, 1.82) is 0 Å². The van der Waals surface area contributed by atoms with Crippen LogP contribution in [0.5, 0.6) is 0 Å². The van der Waals surface area contributed by atoms with E-state index in [1.54, 1.807) is 23.9 Å². The lowest BCUT2D eigenvalue weighted by molar-refractivity contribution is -0.125. The Morgan fingerprint density at radius 1 is 1.20 bits per heavy atom. The van der Waals surface area contributed by atoms with Gasteiger partial charge in [-0.25, -0.2) is 4.39 Å². The average Bonchev–Trinajstić information content (AvgIpc) is 2.49. The van der Waals surface area contributed by atoms with E-state index in [0.29, 0.717) is 0 Å². The average molecular weight is 295 g/mol. The number of benzene rings is 1. The predicted molar refractivity (Wildman–Crippen MR) is 81.3 cm³/mol. The second kappa shape index (κ2) is 8.30. The maximum absolute atomic E-state index is 12.7. The minimum Gasteiger partial charge on any atom is -0.356 e. The van der Waals surface area contributed by atoms with Crippen molar-refractivity contribution >= 4 is 17.7 Å². The highest BCUT2D eigenvalue weighted by Gasteiger charge is 2.20. The molecule has 0 aromatic heterocycles. The van der Waals surface area contributed by atoms with Crippen molar-refractivity contribution in [3.8, 4) is 0 Å². The molecule has 0 radical (unpaired) electrons. The molecule has 1 amide bonds. The number of amides is 1. The lowest BCUT2D eigenvalue weighted by Gasteiger charge is -2.20. The highest BCUT2D eigenvalue weighted by Crippen LogP contribution is 2.23. The number of thioether (sulfide) groups is 1. The highest BCUT2D eigenvalue weighted by molar-refractivity contribution is 7.99. The zero-order chi connectivity index (χ0) is 14.2. The Morgan fingerprint density at radius 3 is 2.60 bits per heavy atom. The summed E-state index contributed by atoms with van der Waals surface area (Å²) >= 11 is 1.70. The van der Waals surface area contributed by atoms with Crippen molar-refractivity contribution in [2.45, 2.75) is 43.4 Å². The van der Waals surface area contributed by atoms with Crippen LogP contribution < -0.4 is 5.32 Å². The molecular formula is C16H22FNOS. The van der Waals surface area contributed by atoms with Gasteiger partial charge in [0.1, 0.15) is 5.82 Å². The van der Waals surface area contributed by atoms with Crippen molar-refractivity contribution in [3.63, 3.8) is 0 Å². The van der Waals surface area contributed by atoms with Crippen molar-refractivity contribution in [3.05, 3.63) is 30.1 Å². The normalized spacial score (nSPS) is 16.1. The standard InChI is InChI=1S/C16H22FNOS/c17-14-7-9-15(10-8-14)20-12-4-11-18-16(19)13-5-2-1-3-6-13/h7-10,13H,1-6,11-12H2,(H,18,19). The molecule has 1 aliphatic carbocycles. The molecule has 1 aromatic carbocycles. The summed E-state index contributed by atoms with van der Waals surface area (Å²) in [4.78, 5) is 13.0. The molecule has 2 rings (SSSR count). The first kappa shape index (κ1) is 15.4. The van der Waals surface area contributed by atoms with E-state index in [1.165, 1.54) is 31.4 Å². The Morgan fingerprint density at radius 2 is 1.90 bits per heavy atom. The van der Waals surface area contributed by atoms with Crippen LogP contribution in [-0.4, -0.2) is 18.2 Å².